The molecule has 0 aromatic heterocycles. The lowest BCUT2D eigenvalue weighted by Crippen LogP contribution is -2.21. The van der Waals surface area contributed by atoms with Crippen molar-refractivity contribution in [3.05, 3.63) is 17.7 Å². The summed E-state index contributed by atoms with van der Waals surface area (Å²) in [6.45, 7) is 0. The average molecular weight is 252 g/mol. The third-order valence-electron chi connectivity index (χ3n) is 2.10. The summed E-state index contributed by atoms with van der Waals surface area (Å²) in [6.07, 6.45) is 1.46. The topological polar surface area (TPSA) is 104 Å². The van der Waals surface area contributed by atoms with E-state index in [9.17, 15) is 0 Å². The highest BCUT2D eigenvalue weighted by Crippen LogP contribution is 2.38. The van der Waals surface area contributed by atoms with E-state index in [1.54, 1.807) is 19.2 Å². The number of hydrogen-bond donors (Lipinski definition) is 2. The Balaban J connectivity index is 3.21. The number of rotatable bonds is 5. The van der Waals surface area contributed by atoms with Crippen molar-refractivity contribution in [3.8, 4) is 17.2 Å². The molecule has 0 fully saturated rings. The van der Waals surface area contributed by atoms with E-state index in [4.69, 9.17) is 25.7 Å². The number of nitrogens with zero attached hydrogens (tertiary/aromatic N) is 2. The smallest absolute Gasteiger partial charge is 0.211 e. The minimum atomic E-state index is -0.120. The van der Waals surface area contributed by atoms with E-state index in [2.05, 4.69) is 10.2 Å². The SMILES string of the molecule is COc1ccc(/C=N/N=C(N)N)c(OC)c1OC. The highest BCUT2D eigenvalue weighted by molar-refractivity contribution is 5.86. The highest BCUT2D eigenvalue weighted by Gasteiger charge is 2.14. The predicted octanol–water partition coefficient (Wildman–Crippen LogP) is 0.320. The first-order valence-corrected chi connectivity index (χ1v) is 5.05. The van der Waals surface area contributed by atoms with E-state index >= 15 is 0 Å². The van der Waals surface area contributed by atoms with E-state index in [1.807, 2.05) is 0 Å². The summed E-state index contributed by atoms with van der Waals surface area (Å²) in [5.74, 6) is 1.42. The molecule has 0 spiro atoms. The second-order valence-corrected chi connectivity index (χ2v) is 3.19. The lowest BCUT2D eigenvalue weighted by atomic mass is 10.2. The van der Waals surface area contributed by atoms with Gasteiger partial charge in [0, 0.05) is 5.56 Å². The summed E-state index contributed by atoms with van der Waals surface area (Å²) in [4.78, 5) is 0. The van der Waals surface area contributed by atoms with Crippen LogP contribution in [-0.4, -0.2) is 33.5 Å². The Hall–Kier alpha value is -2.44. The standard InChI is InChI=1S/C11H16N4O3/c1-16-8-5-4-7(6-14-15-11(12)13)9(17-2)10(8)18-3/h4-6H,1-3H3,(H4,12,13,15)/b14-6+. The normalized spacial score (nSPS) is 10.2. The maximum absolute atomic E-state index is 5.26. The first kappa shape index (κ1) is 13.6. The van der Waals surface area contributed by atoms with Gasteiger partial charge in [0.05, 0.1) is 27.5 Å². The summed E-state index contributed by atoms with van der Waals surface area (Å²) < 4.78 is 15.6. The van der Waals surface area contributed by atoms with Gasteiger partial charge in [0.15, 0.2) is 11.5 Å². The monoisotopic (exact) mass is 252 g/mol. The van der Waals surface area contributed by atoms with Crippen LogP contribution in [-0.2, 0) is 0 Å². The zero-order valence-electron chi connectivity index (χ0n) is 10.5. The number of hydrogen-bond acceptors (Lipinski definition) is 5. The zero-order valence-corrected chi connectivity index (χ0v) is 10.5. The summed E-state index contributed by atoms with van der Waals surface area (Å²) in [5.41, 5.74) is 11.0. The summed E-state index contributed by atoms with van der Waals surface area (Å²) in [7, 11) is 4.59. The molecule has 1 aromatic rings. The van der Waals surface area contributed by atoms with E-state index in [-0.39, 0.29) is 5.96 Å². The Morgan fingerprint density at radius 2 is 1.72 bits per heavy atom. The van der Waals surface area contributed by atoms with Crippen molar-refractivity contribution in [1.82, 2.24) is 0 Å². The Morgan fingerprint density at radius 1 is 1.06 bits per heavy atom. The molecule has 7 nitrogen and oxygen atoms in total. The fraction of sp³-hybridized carbons (Fsp3) is 0.273. The van der Waals surface area contributed by atoms with E-state index in [0.717, 1.165) is 0 Å². The van der Waals surface area contributed by atoms with Crippen LogP contribution in [0.25, 0.3) is 0 Å². The number of methoxy groups -OCH3 is 3. The Bertz CT molecular complexity index is 468. The fourth-order valence-corrected chi connectivity index (χ4v) is 1.38. The van der Waals surface area contributed by atoms with Gasteiger partial charge in [-0.25, -0.2) is 0 Å². The molecular formula is C11H16N4O3. The maximum Gasteiger partial charge on any atom is 0.211 e. The molecule has 0 amide bonds. The molecular weight excluding hydrogens is 236 g/mol. The molecule has 1 aromatic carbocycles. The van der Waals surface area contributed by atoms with Crippen LogP contribution in [0.1, 0.15) is 5.56 Å². The molecule has 98 valence electrons. The second kappa shape index (κ2) is 6.33. The molecule has 0 aliphatic heterocycles. The molecule has 0 saturated carbocycles. The maximum atomic E-state index is 5.26. The van der Waals surface area contributed by atoms with E-state index < -0.39 is 0 Å². The van der Waals surface area contributed by atoms with Crippen molar-refractivity contribution in [1.29, 1.82) is 0 Å². The Labute approximate surface area is 105 Å². The van der Waals surface area contributed by atoms with Gasteiger partial charge in [0.25, 0.3) is 0 Å². The highest BCUT2D eigenvalue weighted by atomic mass is 16.5. The largest absolute Gasteiger partial charge is 0.493 e. The Morgan fingerprint density at radius 3 is 2.22 bits per heavy atom. The van der Waals surface area contributed by atoms with Gasteiger partial charge in [-0.15, -0.1) is 5.10 Å². The average Bonchev–Trinajstić information content (AvgIpc) is 2.37. The number of nitrogens with two attached hydrogens (primary N) is 2. The molecule has 0 atom stereocenters. The van der Waals surface area contributed by atoms with Gasteiger partial charge in [0.2, 0.25) is 11.7 Å². The number of guanidine groups is 1. The van der Waals surface area contributed by atoms with Crippen molar-refractivity contribution in [3.63, 3.8) is 0 Å². The molecule has 7 heteroatoms. The first-order chi connectivity index (χ1) is 8.63. The van der Waals surface area contributed by atoms with E-state index in [0.29, 0.717) is 22.8 Å². The minimum absolute atomic E-state index is 0.120. The van der Waals surface area contributed by atoms with Crippen LogP contribution in [0, 0.1) is 0 Å². The molecule has 0 heterocycles. The third-order valence-corrected chi connectivity index (χ3v) is 2.10. The zero-order chi connectivity index (χ0) is 13.5. The number of ether oxygens (including phenoxy) is 3. The van der Waals surface area contributed by atoms with Crippen LogP contribution in [0.3, 0.4) is 0 Å². The predicted molar refractivity (Wildman–Crippen MR) is 69.5 cm³/mol. The Kier molecular flexibility index (Phi) is 4.79. The lowest BCUT2D eigenvalue weighted by molar-refractivity contribution is 0.324. The van der Waals surface area contributed by atoms with Gasteiger partial charge >= 0.3 is 0 Å². The van der Waals surface area contributed by atoms with Crippen LogP contribution in [0.5, 0.6) is 17.2 Å². The summed E-state index contributed by atoms with van der Waals surface area (Å²) in [6, 6.07) is 3.49. The molecule has 0 saturated heterocycles. The summed E-state index contributed by atoms with van der Waals surface area (Å²) in [5, 5.41) is 7.22. The van der Waals surface area contributed by atoms with E-state index in [1.165, 1.54) is 20.4 Å². The molecule has 18 heavy (non-hydrogen) atoms. The molecule has 1 rings (SSSR count). The molecule has 4 N–H and O–H groups in total. The minimum Gasteiger partial charge on any atom is -0.493 e. The third kappa shape index (κ3) is 3.03. The lowest BCUT2D eigenvalue weighted by Gasteiger charge is -2.13. The van der Waals surface area contributed by atoms with Crippen molar-refractivity contribution in [2.24, 2.45) is 21.7 Å². The second-order valence-electron chi connectivity index (χ2n) is 3.19. The summed E-state index contributed by atoms with van der Waals surface area (Å²) >= 11 is 0. The van der Waals surface area contributed by atoms with Crippen LogP contribution in [0.2, 0.25) is 0 Å². The van der Waals surface area contributed by atoms with Crippen LogP contribution in [0.4, 0.5) is 0 Å². The van der Waals surface area contributed by atoms with Crippen molar-refractivity contribution in [2.45, 2.75) is 0 Å². The molecule has 0 aliphatic carbocycles. The van der Waals surface area contributed by atoms with Crippen molar-refractivity contribution in [2.75, 3.05) is 21.3 Å². The number of benzene rings is 1. The molecule has 0 aliphatic rings. The van der Waals surface area contributed by atoms with Gasteiger partial charge < -0.3 is 25.7 Å². The van der Waals surface area contributed by atoms with Crippen LogP contribution < -0.4 is 25.7 Å². The first-order valence-electron chi connectivity index (χ1n) is 5.05. The molecule has 0 unspecified atom stereocenters. The van der Waals surface area contributed by atoms with Crippen molar-refractivity contribution < 1.29 is 14.2 Å². The van der Waals surface area contributed by atoms with Gasteiger partial charge in [-0.1, -0.05) is 0 Å². The van der Waals surface area contributed by atoms with Gasteiger partial charge in [-0.3, -0.25) is 0 Å². The van der Waals surface area contributed by atoms with Crippen molar-refractivity contribution >= 4 is 12.2 Å². The van der Waals surface area contributed by atoms with Gasteiger partial charge in [-0.05, 0) is 12.1 Å². The van der Waals surface area contributed by atoms with Crippen LogP contribution in [0.15, 0.2) is 22.3 Å². The van der Waals surface area contributed by atoms with Crippen LogP contribution >= 0.6 is 0 Å². The fourth-order valence-electron chi connectivity index (χ4n) is 1.38. The molecule has 0 radical (unpaired) electrons. The quantitative estimate of drug-likeness (QED) is 0.446. The van der Waals surface area contributed by atoms with Gasteiger partial charge in [0.1, 0.15) is 0 Å². The molecule has 0 bridgehead atoms. The van der Waals surface area contributed by atoms with Gasteiger partial charge in [-0.2, -0.15) is 5.10 Å².